The Kier molecular flexibility index (Phi) is 3.47. The van der Waals surface area contributed by atoms with Crippen molar-refractivity contribution in [2.24, 2.45) is 0 Å². The topological polar surface area (TPSA) is 31.2 Å². The largest absolute Gasteiger partial charge is 0.443 e. The minimum Gasteiger partial charge on any atom is -0.443 e. The average Bonchev–Trinajstić information content (AvgIpc) is 2.70. The summed E-state index contributed by atoms with van der Waals surface area (Å²) < 4.78 is 6.99. The molecule has 0 saturated carbocycles. The van der Waals surface area contributed by atoms with Crippen molar-refractivity contribution in [3.63, 3.8) is 0 Å². The summed E-state index contributed by atoms with van der Waals surface area (Å²) in [6.07, 6.45) is 1.45. The predicted molar refractivity (Wildman–Crippen MR) is 76.2 cm³/mol. The van der Waals surface area contributed by atoms with Gasteiger partial charge in [-0.1, -0.05) is 30.3 Å². The van der Waals surface area contributed by atoms with Crippen molar-refractivity contribution in [3.8, 4) is 11.3 Å². The highest BCUT2D eigenvalue weighted by molar-refractivity contribution is 5.79. The maximum absolute atomic E-state index is 12.2. The number of carbonyl (C=O) groups is 1. The highest BCUT2D eigenvalue weighted by Gasteiger charge is 2.20. The fraction of sp³-hybridized carbons (Fsp3) is 0.312. The molecule has 0 fully saturated rings. The van der Waals surface area contributed by atoms with Crippen LogP contribution in [0.4, 0.5) is 4.79 Å². The number of benzene rings is 1. The first-order valence-corrected chi connectivity index (χ1v) is 6.34. The van der Waals surface area contributed by atoms with Crippen LogP contribution in [0.25, 0.3) is 11.3 Å². The molecule has 0 amide bonds. The summed E-state index contributed by atoms with van der Waals surface area (Å²) in [5.41, 5.74) is 2.39. The minimum atomic E-state index is -0.497. The Labute approximate surface area is 113 Å². The van der Waals surface area contributed by atoms with Crippen LogP contribution in [0.1, 0.15) is 26.3 Å². The Hall–Kier alpha value is -2.03. The van der Waals surface area contributed by atoms with Crippen molar-refractivity contribution < 1.29 is 9.53 Å². The van der Waals surface area contributed by atoms with E-state index >= 15 is 0 Å². The number of nitrogens with zero attached hydrogens (tertiary/aromatic N) is 1. The van der Waals surface area contributed by atoms with Gasteiger partial charge in [-0.15, -0.1) is 0 Å². The van der Waals surface area contributed by atoms with E-state index in [9.17, 15) is 4.79 Å². The first kappa shape index (κ1) is 13.4. The Balaban J connectivity index is 2.40. The van der Waals surface area contributed by atoms with E-state index in [1.807, 2.05) is 64.1 Å². The smallest absolute Gasteiger partial charge is 0.418 e. The van der Waals surface area contributed by atoms with E-state index in [-0.39, 0.29) is 6.09 Å². The van der Waals surface area contributed by atoms with E-state index in [2.05, 4.69) is 0 Å². The molecule has 0 aliphatic rings. The monoisotopic (exact) mass is 257 g/mol. The number of carbonyl (C=O) groups excluding carboxylic acids is 1. The molecule has 1 aromatic heterocycles. The SMILES string of the molecule is Cc1cc(-c2ccccc2)n(C(=O)OC(C)(C)C)c1. The summed E-state index contributed by atoms with van der Waals surface area (Å²) in [4.78, 5) is 12.2. The molecule has 3 nitrogen and oxygen atoms in total. The van der Waals surface area contributed by atoms with E-state index in [0.29, 0.717) is 0 Å². The molecule has 19 heavy (non-hydrogen) atoms. The van der Waals surface area contributed by atoms with Crippen molar-refractivity contribution in [2.75, 3.05) is 0 Å². The molecule has 0 spiro atoms. The van der Waals surface area contributed by atoms with Gasteiger partial charge in [-0.25, -0.2) is 4.79 Å². The second kappa shape index (κ2) is 4.92. The van der Waals surface area contributed by atoms with E-state index in [1.165, 1.54) is 0 Å². The van der Waals surface area contributed by atoms with Crippen LogP contribution in [0.3, 0.4) is 0 Å². The second-order valence-electron chi connectivity index (χ2n) is 5.62. The molecule has 0 N–H and O–H groups in total. The van der Waals surface area contributed by atoms with Crippen LogP contribution in [0, 0.1) is 6.92 Å². The second-order valence-corrected chi connectivity index (χ2v) is 5.62. The van der Waals surface area contributed by atoms with Gasteiger partial charge in [0.15, 0.2) is 0 Å². The summed E-state index contributed by atoms with van der Waals surface area (Å²) in [7, 11) is 0. The van der Waals surface area contributed by atoms with Crippen LogP contribution in [-0.2, 0) is 4.74 Å². The van der Waals surface area contributed by atoms with Crippen molar-refractivity contribution in [1.29, 1.82) is 0 Å². The average molecular weight is 257 g/mol. The van der Waals surface area contributed by atoms with Crippen molar-refractivity contribution in [1.82, 2.24) is 4.57 Å². The fourth-order valence-corrected chi connectivity index (χ4v) is 1.89. The zero-order valence-electron chi connectivity index (χ0n) is 11.8. The standard InChI is InChI=1S/C16H19NO2/c1-12-10-14(13-8-6-5-7-9-13)17(11-12)15(18)19-16(2,3)4/h5-11H,1-4H3. The van der Waals surface area contributed by atoms with Gasteiger partial charge < -0.3 is 4.74 Å². The number of hydrogen-bond donors (Lipinski definition) is 0. The van der Waals surface area contributed by atoms with Crippen LogP contribution in [-0.4, -0.2) is 16.3 Å². The van der Waals surface area contributed by atoms with Gasteiger partial charge in [-0.3, -0.25) is 4.57 Å². The number of aryl methyl sites for hydroxylation is 1. The first-order chi connectivity index (χ1) is 8.87. The van der Waals surface area contributed by atoms with Crippen LogP contribution in [0.5, 0.6) is 0 Å². The molecule has 3 heteroatoms. The lowest BCUT2D eigenvalue weighted by Gasteiger charge is -2.20. The molecule has 0 aliphatic carbocycles. The maximum Gasteiger partial charge on any atom is 0.418 e. The molecule has 100 valence electrons. The molecule has 2 rings (SSSR count). The molecule has 0 unspecified atom stereocenters. The molecule has 0 atom stereocenters. The molecule has 2 aromatic rings. The van der Waals surface area contributed by atoms with Crippen LogP contribution >= 0.6 is 0 Å². The Morgan fingerprint density at radius 3 is 2.37 bits per heavy atom. The maximum atomic E-state index is 12.2. The molecule has 0 radical (unpaired) electrons. The Morgan fingerprint density at radius 1 is 1.16 bits per heavy atom. The van der Waals surface area contributed by atoms with Gasteiger partial charge in [0.2, 0.25) is 0 Å². The van der Waals surface area contributed by atoms with Gasteiger partial charge in [0.05, 0.1) is 5.69 Å². The molecular weight excluding hydrogens is 238 g/mol. The molecular formula is C16H19NO2. The number of rotatable bonds is 1. The van der Waals surface area contributed by atoms with Crippen LogP contribution in [0.2, 0.25) is 0 Å². The van der Waals surface area contributed by atoms with Gasteiger partial charge in [0.25, 0.3) is 0 Å². The van der Waals surface area contributed by atoms with E-state index in [0.717, 1.165) is 16.8 Å². The summed E-state index contributed by atoms with van der Waals surface area (Å²) in [5.74, 6) is 0. The summed E-state index contributed by atoms with van der Waals surface area (Å²) >= 11 is 0. The summed E-state index contributed by atoms with van der Waals surface area (Å²) in [6, 6.07) is 11.8. The van der Waals surface area contributed by atoms with Crippen LogP contribution in [0.15, 0.2) is 42.6 Å². The molecule has 0 saturated heterocycles. The highest BCUT2D eigenvalue weighted by Crippen LogP contribution is 2.23. The van der Waals surface area contributed by atoms with E-state index in [4.69, 9.17) is 4.74 Å². The number of aromatic nitrogens is 1. The summed E-state index contributed by atoms with van der Waals surface area (Å²) in [6.45, 7) is 7.56. The van der Waals surface area contributed by atoms with Gasteiger partial charge >= 0.3 is 6.09 Å². The van der Waals surface area contributed by atoms with Gasteiger partial charge in [0.1, 0.15) is 5.60 Å². The Morgan fingerprint density at radius 2 is 1.79 bits per heavy atom. The zero-order chi connectivity index (χ0) is 14.0. The summed E-state index contributed by atoms with van der Waals surface area (Å²) in [5, 5.41) is 0. The first-order valence-electron chi connectivity index (χ1n) is 6.34. The van der Waals surface area contributed by atoms with Crippen LogP contribution < -0.4 is 0 Å². The molecule has 0 aliphatic heterocycles. The highest BCUT2D eigenvalue weighted by atomic mass is 16.6. The lowest BCUT2D eigenvalue weighted by Crippen LogP contribution is -2.27. The van der Waals surface area contributed by atoms with Gasteiger partial charge in [-0.05, 0) is 44.9 Å². The normalized spacial score (nSPS) is 11.4. The van der Waals surface area contributed by atoms with Crippen molar-refractivity contribution in [3.05, 3.63) is 48.2 Å². The Bertz CT molecular complexity index is 577. The zero-order valence-corrected chi connectivity index (χ0v) is 11.8. The van der Waals surface area contributed by atoms with E-state index < -0.39 is 5.60 Å². The van der Waals surface area contributed by atoms with Crippen molar-refractivity contribution >= 4 is 6.09 Å². The van der Waals surface area contributed by atoms with E-state index in [1.54, 1.807) is 10.8 Å². The number of hydrogen-bond acceptors (Lipinski definition) is 2. The molecule has 1 heterocycles. The predicted octanol–water partition coefficient (Wildman–Crippen LogP) is 4.25. The third kappa shape index (κ3) is 3.25. The molecule has 0 bridgehead atoms. The van der Waals surface area contributed by atoms with Gasteiger partial charge in [-0.2, -0.15) is 0 Å². The lowest BCUT2D eigenvalue weighted by molar-refractivity contribution is 0.0540. The lowest BCUT2D eigenvalue weighted by atomic mass is 10.1. The number of ether oxygens (including phenoxy) is 1. The minimum absolute atomic E-state index is 0.348. The quantitative estimate of drug-likeness (QED) is 0.764. The van der Waals surface area contributed by atoms with Gasteiger partial charge in [0, 0.05) is 6.20 Å². The van der Waals surface area contributed by atoms with Crippen molar-refractivity contribution in [2.45, 2.75) is 33.3 Å². The molecule has 1 aromatic carbocycles. The third-order valence-corrected chi connectivity index (χ3v) is 2.62. The third-order valence-electron chi connectivity index (χ3n) is 2.62. The fourth-order valence-electron chi connectivity index (χ4n) is 1.89.